The molecule has 4 aromatic rings. The summed E-state index contributed by atoms with van der Waals surface area (Å²) in [5, 5.41) is 3.60. The van der Waals surface area contributed by atoms with Crippen molar-refractivity contribution in [2.24, 2.45) is 0 Å². The minimum atomic E-state index is -0.238. The van der Waals surface area contributed by atoms with E-state index in [4.69, 9.17) is 0 Å². The summed E-state index contributed by atoms with van der Waals surface area (Å²) in [4.78, 5) is 29.9. The Morgan fingerprint density at radius 3 is 2.81 bits per heavy atom. The molecule has 0 aliphatic heterocycles. The molecule has 0 atom stereocenters. The molecular formula is C22H21N7OS. The van der Waals surface area contributed by atoms with Gasteiger partial charge in [-0.25, -0.2) is 9.97 Å². The quantitative estimate of drug-likeness (QED) is 0.431. The first kappa shape index (κ1) is 19.5. The zero-order valence-corrected chi connectivity index (χ0v) is 17.8. The third-order valence-electron chi connectivity index (χ3n) is 4.87. The van der Waals surface area contributed by atoms with E-state index in [0.717, 1.165) is 28.2 Å². The van der Waals surface area contributed by atoms with Gasteiger partial charge in [0.05, 0.1) is 17.9 Å². The Kier molecular flexibility index (Phi) is 5.25. The van der Waals surface area contributed by atoms with Crippen LogP contribution in [0.4, 0.5) is 5.69 Å². The van der Waals surface area contributed by atoms with Crippen molar-refractivity contribution in [3.8, 4) is 11.1 Å². The molecule has 0 radical (unpaired) electrons. The molecule has 1 aliphatic rings. The van der Waals surface area contributed by atoms with Gasteiger partial charge in [0.1, 0.15) is 5.69 Å². The maximum absolute atomic E-state index is 12.5. The average Bonchev–Trinajstić information content (AvgIpc) is 3.55. The van der Waals surface area contributed by atoms with Gasteiger partial charge in [0, 0.05) is 53.0 Å². The molecule has 31 heavy (non-hydrogen) atoms. The molecule has 8 nitrogen and oxygen atoms in total. The second kappa shape index (κ2) is 8.35. The number of pyridine rings is 2. The van der Waals surface area contributed by atoms with E-state index < -0.39 is 0 Å². The smallest absolute Gasteiger partial charge is 0.270 e. The molecule has 4 aromatic heterocycles. The fraction of sp³-hybridized carbons (Fsp3) is 0.227. The zero-order valence-electron chi connectivity index (χ0n) is 16.9. The zero-order chi connectivity index (χ0) is 21.2. The van der Waals surface area contributed by atoms with Crippen LogP contribution in [0.2, 0.25) is 0 Å². The summed E-state index contributed by atoms with van der Waals surface area (Å²) < 4.78 is 5.22. The van der Waals surface area contributed by atoms with Crippen molar-refractivity contribution < 1.29 is 4.79 Å². The summed E-state index contributed by atoms with van der Waals surface area (Å²) in [7, 11) is 0. The molecule has 0 unspecified atom stereocenters. The van der Waals surface area contributed by atoms with Gasteiger partial charge in [-0.05, 0) is 49.9 Å². The standard InChI is InChI=1S/C22H21N7OS/c1-14-12-29-13-16(10-26-22(29)27-14)15-2-5-20(24-9-15)21(30)25-11-18-8-17(6-7-23-18)28-31-19-3-4-19/h2,5-10,12-13,19H,3-4,11H2,1H3,(H,23,28)(H,25,30). The predicted octanol–water partition coefficient (Wildman–Crippen LogP) is 3.65. The Morgan fingerprint density at radius 2 is 2.00 bits per heavy atom. The lowest BCUT2D eigenvalue weighted by molar-refractivity contribution is 0.0945. The number of carbonyl (C=O) groups is 1. The van der Waals surface area contributed by atoms with Gasteiger partial charge in [0.25, 0.3) is 5.91 Å². The van der Waals surface area contributed by atoms with Crippen LogP contribution in [0.5, 0.6) is 0 Å². The van der Waals surface area contributed by atoms with Crippen molar-refractivity contribution in [3.05, 3.63) is 72.3 Å². The highest BCUT2D eigenvalue weighted by Crippen LogP contribution is 2.34. The maximum atomic E-state index is 12.5. The van der Waals surface area contributed by atoms with Crippen LogP contribution in [0.25, 0.3) is 16.9 Å². The molecule has 5 rings (SSSR count). The van der Waals surface area contributed by atoms with Crippen LogP contribution in [0.1, 0.15) is 34.7 Å². The highest BCUT2D eigenvalue weighted by atomic mass is 32.2. The van der Waals surface area contributed by atoms with Gasteiger partial charge >= 0.3 is 0 Å². The lowest BCUT2D eigenvalue weighted by atomic mass is 10.1. The van der Waals surface area contributed by atoms with Crippen molar-refractivity contribution in [3.63, 3.8) is 0 Å². The van der Waals surface area contributed by atoms with Crippen LogP contribution < -0.4 is 10.0 Å². The summed E-state index contributed by atoms with van der Waals surface area (Å²) in [5.74, 6) is 0.419. The fourth-order valence-corrected chi connectivity index (χ4v) is 3.89. The normalized spacial score (nSPS) is 13.3. The number of nitrogens with one attached hydrogen (secondary N) is 2. The monoisotopic (exact) mass is 431 g/mol. The number of aromatic nitrogens is 5. The van der Waals surface area contributed by atoms with Gasteiger partial charge in [-0.3, -0.25) is 19.2 Å². The number of imidazole rings is 1. The molecule has 1 fully saturated rings. The Morgan fingerprint density at radius 1 is 1.13 bits per heavy atom. The molecule has 1 amide bonds. The van der Waals surface area contributed by atoms with Crippen LogP contribution in [0.15, 0.2) is 55.2 Å². The number of fused-ring (bicyclic) bond motifs is 1. The molecule has 1 saturated carbocycles. The largest absolute Gasteiger partial charge is 0.345 e. The first-order valence-corrected chi connectivity index (χ1v) is 10.9. The van der Waals surface area contributed by atoms with E-state index in [1.54, 1.807) is 36.6 Å². The van der Waals surface area contributed by atoms with E-state index in [2.05, 4.69) is 30.0 Å². The van der Waals surface area contributed by atoms with Crippen LogP contribution in [0, 0.1) is 6.92 Å². The molecule has 0 saturated heterocycles. The maximum Gasteiger partial charge on any atom is 0.270 e. The number of anilines is 1. The van der Waals surface area contributed by atoms with Gasteiger partial charge in [0.2, 0.25) is 5.78 Å². The molecule has 0 aromatic carbocycles. The van der Waals surface area contributed by atoms with Gasteiger partial charge in [-0.15, -0.1) is 0 Å². The predicted molar refractivity (Wildman–Crippen MR) is 121 cm³/mol. The van der Waals surface area contributed by atoms with Crippen LogP contribution in [-0.4, -0.2) is 35.5 Å². The van der Waals surface area contributed by atoms with Gasteiger partial charge < -0.3 is 10.0 Å². The van der Waals surface area contributed by atoms with E-state index in [1.807, 2.05) is 41.9 Å². The lowest BCUT2D eigenvalue weighted by Gasteiger charge is -2.08. The molecule has 2 N–H and O–H groups in total. The van der Waals surface area contributed by atoms with E-state index in [-0.39, 0.29) is 5.91 Å². The molecule has 0 spiro atoms. The van der Waals surface area contributed by atoms with Crippen molar-refractivity contribution in [1.82, 2.24) is 29.7 Å². The summed E-state index contributed by atoms with van der Waals surface area (Å²) in [6.07, 6.45) is 11.6. The highest BCUT2D eigenvalue weighted by molar-refractivity contribution is 8.01. The molecule has 0 bridgehead atoms. The van der Waals surface area contributed by atoms with Crippen LogP contribution in [-0.2, 0) is 6.54 Å². The van der Waals surface area contributed by atoms with Crippen LogP contribution in [0.3, 0.4) is 0 Å². The highest BCUT2D eigenvalue weighted by Gasteiger charge is 2.22. The second-order valence-corrected chi connectivity index (χ2v) is 8.61. The Labute approximate surface area is 183 Å². The molecular weight excluding hydrogens is 410 g/mol. The first-order chi connectivity index (χ1) is 15.1. The summed E-state index contributed by atoms with van der Waals surface area (Å²) in [6.45, 7) is 2.27. The molecule has 9 heteroatoms. The molecule has 1 aliphatic carbocycles. The van der Waals surface area contributed by atoms with E-state index >= 15 is 0 Å². The third kappa shape index (κ3) is 4.66. The SMILES string of the molecule is Cc1cn2cc(-c3ccc(C(=O)NCc4cc(NSC5CC5)ccn4)nc3)cnc2n1. The Hall–Kier alpha value is -3.46. The first-order valence-electron chi connectivity index (χ1n) is 10.1. The number of rotatable bonds is 7. The van der Waals surface area contributed by atoms with Gasteiger partial charge in [0.15, 0.2) is 0 Å². The topological polar surface area (TPSA) is 97.1 Å². The summed E-state index contributed by atoms with van der Waals surface area (Å²) in [6, 6.07) is 7.46. The Balaban J connectivity index is 1.22. The minimum Gasteiger partial charge on any atom is -0.345 e. The number of aryl methyl sites for hydroxylation is 1. The average molecular weight is 432 g/mol. The van der Waals surface area contributed by atoms with Crippen molar-refractivity contribution >= 4 is 29.3 Å². The Bertz CT molecular complexity index is 1230. The van der Waals surface area contributed by atoms with Crippen LogP contribution >= 0.6 is 11.9 Å². The van der Waals surface area contributed by atoms with E-state index in [9.17, 15) is 4.79 Å². The fourth-order valence-electron chi connectivity index (χ4n) is 3.09. The number of nitrogens with zero attached hydrogens (tertiary/aromatic N) is 5. The minimum absolute atomic E-state index is 0.238. The van der Waals surface area contributed by atoms with Crippen molar-refractivity contribution in [2.45, 2.75) is 31.6 Å². The van der Waals surface area contributed by atoms with Gasteiger partial charge in [-0.1, -0.05) is 6.07 Å². The molecule has 156 valence electrons. The number of hydrogen-bond donors (Lipinski definition) is 2. The number of amides is 1. The number of carbonyl (C=O) groups excluding carboxylic acids is 1. The summed E-state index contributed by atoms with van der Waals surface area (Å²) in [5.41, 5.74) is 4.84. The second-order valence-electron chi connectivity index (χ2n) is 7.50. The van der Waals surface area contributed by atoms with Gasteiger partial charge in [-0.2, -0.15) is 0 Å². The van der Waals surface area contributed by atoms with Crippen molar-refractivity contribution in [2.75, 3.05) is 4.72 Å². The van der Waals surface area contributed by atoms with E-state index in [1.165, 1.54) is 12.8 Å². The van der Waals surface area contributed by atoms with E-state index in [0.29, 0.717) is 23.3 Å². The summed E-state index contributed by atoms with van der Waals surface area (Å²) >= 11 is 1.74. The lowest BCUT2D eigenvalue weighted by Crippen LogP contribution is -2.24. The molecule has 4 heterocycles. The van der Waals surface area contributed by atoms with Crippen molar-refractivity contribution in [1.29, 1.82) is 0 Å². The number of hydrogen-bond acceptors (Lipinski definition) is 7. The third-order valence-corrected chi connectivity index (χ3v) is 6.03.